The van der Waals surface area contributed by atoms with Crippen LogP contribution in [-0.2, 0) is 4.79 Å². The Morgan fingerprint density at radius 1 is 1.04 bits per heavy atom. The van der Waals surface area contributed by atoms with Gasteiger partial charge < -0.3 is 15.5 Å². The van der Waals surface area contributed by atoms with Crippen molar-refractivity contribution < 1.29 is 9.59 Å². The molecule has 126 valence electrons. The summed E-state index contributed by atoms with van der Waals surface area (Å²) in [5.74, 6) is -0.00740. The smallest absolute Gasteiger partial charge is 0.253 e. The molecule has 5 nitrogen and oxygen atoms in total. The summed E-state index contributed by atoms with van der Waals surface area (Å²) in [6.45, 7) is 7.99. The van der Waals surface area contributed by atoms with Crippen molar-refractivity contribution in [2.45, 2.75) is 45.6 Å². The summed E-state index contributed by atoms with van der Waals surface area (Å²) in [7, 11) is 0. The molecule has 0 atom stereocenters. The summed E-state index contributed by atoms with van der Waals surface area (Å²) >= 11 is 0. The predicted octanol–water partition coefficient (Wildman–Crippen LogP) is 2.64. The van der Waals surface area contributed by atoms with Gasteiger partial charge in [0, 0.05) is 29.9 Å². The monoisotopic (exact) mass is 317 g/mol. The number of piperidine rings is 1. The second-order valence-electron chi connectivity index (χ2n) is 7.08. The maximum absolute atomic E-state index is 12.4. The lowest BCUT2D eigenvalue weighted by atomic mass is 10.1. The third-order valence-electron chi connectivity index (χ3n) is 3.84. The number of amides is 2. The SMILES string of the molecule is CC(C)(C)NCC(=O)Nc1ccc(C(=O)N2CCCCC2)cc1. The van der Waals surface area contributed by atoms with Crippen LogP contribution in [0.15, 0.2) is 24.3 Å². The molecule has 0 saturated carbocycles. The van der Waals surface area contributed by atoms with Gasteiger partial charge in [0.2, 0.25) is 5.91 Å². The molecule has 1 aliphatic heterocycles. The highest BCUT2D eigenvalue weighted by Crippen LogP contribution is 2.15. The minimum atomic E-state index is -0.0952. The topological polar surface area (TPSA) is 61.4 Å². The molecule has 0 aliphatic carbocycles. The average Bonchev–Trinajstić information content (AvgIpc) is 2.53. The van der Waals surface area contributed by atoms with Crippen LogP contribution in [0.5, 0.6) is 0 Å². The molecule has 1 fully saturated rings. The summed E-state index contributed by atoms with van der Waals surface area (Å²) < 4.78 is 0. The number of likely N-dealkylation sites (tertiary alicyclic amines) is 1. The lowest BCUT2D eigenvalue weighted by Gasteiger charge is -2.26. The molecule has 1 saturated heterocycles. The molecule has 0 aromatic heterocycles. The molecule has 1 aromatic rings. The van der Waals surface area contributed by atoms with Crippen molar-refractivity contribution in [1.29, 1.82) is 0 Å². The number of hydrogen-bond acceptors (Lipinski definition) is 3. The molecule has 0 unspecified atom stereocenters. The zero-order chi connectivity index (χ0) is 16.9. The number of nitrogens with zero attached hydrogens (tertiary/aromatic N) is 1. The first-order chi connectivity index (χ1) is 10.8. The minimum Gasteiger partial charge on any atom is -0.339 e. The van der Waals surface area contributed by atoms with E-state index in [1.54, 1.807) is 24.3 Å². The first kappa shape index (κ1) is 17.5. The quantitative estimate of drug-likeness (QED) is 0.897. The first-order valence-electron chi connectivity index (χ1n) is 8.29. The lowest BCUT2D eigenvalue weighted by Crippen LogP contribution is -2.41. The van der Waals surface area contributed by atoms with Crippen molar-refractivity contribution in [2.75, 3.05) is 25.0 Å². The van der Waals surface area contributed by atoms with Crippen LogP contribution in [0.1, 0.15) is 50.4 Å². The van der Waals surface area contributed by atoms with Gasteiger partial charge in [-0.15, -0.1) is 0 Å². The summed E-state index contributed by atoms with van der Waals surface area (Å²) in [4.78, 5) is 26.2. The summed E-state index contributed by atoms with van der Waals surface area (Å²) in [6, 6.07) is 7.13. The van der Waals surface area contributed by atoms with E-state index in [4.69, 9.17) is 0 Å². The maximum atomic E-state index is 12.4. The van der Waals surface area contributed by atoms with Crippen molar-refractivity contribution in [3.63, 3.8) is 0 Å². The van der Waals surface area contributed by atoms with E-state index in [2.05, 4.69) is 10.6 Å². The van der Waals surface area contributed by atoms with Gasteiger partial charge >= 0.3 is 0 Å². The van der Waals surface area contributed by atoms with Crippen molar-refractivity contribution in [1.82, 2.24) is 10.2 Å². The van der Waals surface area contributed by atoms with E-state index in [1.165, 1.54) is 6.42 Å². The number of nitrogens with one attached hydrogen (secondary N) is 2. The van der Waals surface area contributed by atoms with Crippen molar-refractivity contribution in [3.8, 4) is 0 Å². The Hall–Kier alpha value is -1.88. The number of rotatable bonds is 4. The average molecular weight is 317 g/mol. The Morgan fingerprint density at radius 2 is 1.65 bits per heavy atom. The van der Waals surface area contributed by atoms with Crippen molar-refractivity contribution in [3.05, 3.63) is 29.8 Å². The van der Waals surface area contributed by atoms with Crippen LogP contribution < -0.4 is 10.6 Å². The maximum Gasteiger partial charge on any atom is 0.253 e. The van der Waals surface area contributed by atoms with Crippen LogP contribution in [0, 0.1) is 0 Å². The summed E-state index contributed by atoms with van der Waals surface area (Å²) in [5, 5.41) is 5.98. The molecule has 0 bridgehead atoms. The lowest BCUT2D eigenvalue weighted by molar-refractivity contribution is -0.115. The Kier molecular flexibility index (Phi) is 5.77. The molecule has 5 heteroatoms. The Morgan fingerprint density at radius 3 is 2.22 bits per heavy atom. The van der Waals surface area contributed by atoms with Crippen molar-refractivity contribution >= 4 is 17.5 Å². The Labute approximate surface area is 138 Å². The fourth-order valence-electron chi connectivity index (χ4n) is 2.53. The fourth-order valence-corrected chi connectivity index (χ4v) is 2.53. The van der Waals surface area contributed by atoms with Crippen LogP contribution >= 0.6 is 0 Å². The molecule has 1 aliphatic rings. The predicted molar refractivity (Wildman–Crippen MR) is 92.6 cm³/mol. The normalized spacial score (nSPS) is 15.3. The van der Waals surface area contributed by atoms with Crippen LogP contribution in [0.4, 0.5) is 5.69 Å². The van der Waals surface area contributed by atoms with Gasteiger partial charge in [0.15, 0.2) is 0 Å². The molecular formula is C18H27N3O2. The van der Waals surface area contributed by atoms with Crippen LogP contribution in [0.3, 0.4) is 0 Å². The fraction of sp³-hybridized carbons (Fsp3) is 0.556. The van der Waals surface area contributed by atoms with E-state index in [0.29, 0.717) is 11.3 Å². The zero-order valence-electron chi connectivity index (χ0n) is 14.3. The van der Waals surface area contributed by atoms with Crippen LogP contribution in [0.25, 0.3) is 0 Å². The molecule has 2 amide bonds. The summed E-state index contributed by atoms with van der Waals surface area (Å²) in [5.41, 5.74) is 1.29. The van der Waals surface area contributed by atoms with Gasteiger partial charge in [0.1, 0.15) is 0 Å². The molecular weight excluding hydrogens is 290 g/mol. The standard InChI is InChI=1S/C18H27N3O2/c1-18(2,3)19-13-16(22)20-15-9-7-14(8-10-15)17(23)21-11-5-4-6-12-21/h7-10,19H,4-6,11-13H2,1-3H3,(H,20,22). The van der Waals surface area contributed by atoms with E-state index in [1.807, 2.05) is 25.7 Å². The molecule has 1 aromatic carbocycles. The van der Waals surface area contributed by atoms with Crippen LogP contribution in [0.2, 0.25) is 0 Å². The highest BCUT2D eigenvalue weighted by atomic mass is 16.2. The van der Waals surface area contributed by atoms with E-state index < -0.39 is 0 Å². The molecule has 0 spiro atoms. The van der Waals surface area contributed by atoms with E-state index in [-0.39, 0.29) is 23.9 Å². The molecule has 0 radical (unpaired) electrons. The molecule has 2 rings (SSSR count). The minimum absolute atomic E-state index is 0.0805. The molecule has 23 heavy (non-hydrogen) atoms. The Bertz CT molecular complexity index is 540. The number of carbonyl (C=O) groups is 2. The number of benzene rings is 1. The van der Waals surface area contributed by atoms with Crippen molar-refractivity contribution in [2.24, 2.45) is 0 Å². The van der Waals surface area contributed by atoms with Gasteiger partial charge in [-0.3, -0.25) is 9.59 Å². The third kappa shape index (κ3) is 5.67. The number of hydrogen-bond donors (Lipinski definition) is 2. The van der Waals surface area contributed by atoms with Gasteiger partial charge in [-0.25, -0.2) is 0 Å². The molecule has 1 heterocycles. The van der Waals surface area contributed by atoms with Crippen LogP contribution in [-0.4, -0.2) is 41.9 Å². The zero-order valence-corrected chi connectivity index (χ0v) is 14.3. The van der Waals surface area contributed by atoms with Gasteiger partial charge in [-0.2, -0.15) is 0 Å². The van der Waals surface area contributed by atoms with E-state index in [9.17, 15) is 9.59 Å². The number of anilines is 1. The molecule has 2 N–H and O–H groups in total. The first-order valence-corrected chi connectivity index (χ1v) is 8.29. The second kappa shape index (κ2) is 7.59. The third-order valence-corrected chi connectivity index (χ3v) is 3.84. The van der Waals surface area contributed by atoms with E-state index in [0.717, 1.165) is 25.9 Å². The largest absolute Gasteiger partial charge is 0.339 e. The second-order valence-corrected chi connectivity index (χ2v) is 7.08. The van der Waals surface area contributed by atoms with Gasteiger partial charge in [-0.05, 0) is 64.3 Å². The van der Waals surface area contributed by atoms with Gasteiger partial charge in [0.05, 0.1) is 6.54 Å². The number of carbonyl (C=O) groups excluding carboxylic acids is 2. The summed E-state index contributed by atoms with van der Waals surface area (Å²) in [6.07, 6.45) is 3.37. The van der Waals surface area contributed by atoms with Gasteiger partial charge in [-0.1, -0.05) is 0 Å². The van der Waals surface area contributed by atoms with Gasteiger partial charge in [0.25, 0.3) is 5.91 Å². The highest BCUT2D eigenvalue weighted by molar-refractivity contribution is 5.96. The van der Waals surface area contributed by atoms with E-state index >= 15 is 0 Å². The Balaban J connectivity index is 1.88. The highest BCUT2D eigenvalue weighted by Gasteiger charge is 2.18.